The number of nitrogens with zero attached hydrogens (tertiary/aromatic N) is 2. The second-order valence-corrected chi connectivity index (χ2v) is 4.66. The van der Waals surface area contributed by atoms with E-state index in [0.29, 0.717) is 22.3 Å². The molecule has 0 aliphatic heterocycles. The predicted molar refractivity (Wildman–Crippen MR) is 72.4 cm³/mol. The monoisotopic (exact) mass is 282 g/mol. The summed E-state index contributed by atoms with van der Waals surface area (Å²) >= 11 is 12.0. The van der Waals surface area contributed by atoms with Crippen LogP contribution >= 0.6 is 23.2 Å². The van der Waals surface area contributed by atoms with Gasteiger partial charge < -0.3 is 0 Å². The molecule has 0 fully saturated rings. The Labute approximate surface area is 115 Å². The normalized spacial score (nSPS) is 10.6. The smallest absolute Gasteiger partial charge is 0.186 e. The van der Waals surface area contributed by atoms with Gasteiger partial charge in [-0.1, -0.05) is 41.4 Å². The average molecular weight is 283 g/mol. The highest BCUT2D eigenvalue weighted by Gasteiger charge is 2.17. The van der Waals surface area contributed by atoms with Crippen LogP contribution < -0.4 is 0 Å². The minimum absolute atomic E-state index is 0.0764. The van der Waals surface area contributed by atoms with Crippen LogP contribution in [0.1, 0.15) is 23.0 Å². The van der Waals surface area contributed by atoms with E-state index in [0.717, 1.165) is 5.56 Å². The molecule has 0 aliphatic carbocycles. The number of aryl methyl sites for hydroxylation is 1. The van der Waals surface area contributed by atoms with Gasteiger partial charge in [-0.25, -0.2) is 0 Å². The highest BCUT2D eigenvalue weighted by atomic mass is 35.5. The maximum Gasteiger partial charge on any atom is 0.186 e. The first-order valence-electron chi connectivity index (χ1n) is 5.61. The molecule has 1 heterocycles. The number of halogens is 2. The van der Waals surface area contributed by atoms with Gasteiger partial charge in [0.05, 0.1) is 11.2 Å². The van der Waals surface area contributed by atoms with Gasteiger partial charge in [0.15, 0.2) is 5.78 Å². The Morgan fingerprint density at radius 3 is 2.67 bits per heavy atom. The van der Waals surface area contributed by atoms with E-state index in [9.17, 15) is 4.79 Å². The standard InChI is InChI=1S/C13H12Cl2N2O/c1-2-17-13(11(15)8-16-17)12(18)7-9-5-3-4-6-10(9)14/h3-6,8H,2,7H2,1H3. The van der Waals surface area contributed by atoms with E-state index in [2.05, 4.69) is 5.10 Å². The lowest BCUT2D eigenvalue weighted by atomic mass is 10.1. The van der Waals surface area contributed by atoms with Crippen LogP contribution in [0, 0.1) is 0 Å². The number of benzene rings is 1. The molecule has 0 amide bonds. The van der Waals surface area contributed by atoms with Crippen molar-refractivity contribution < 1.29 is 4.79 Å². The number of rotatable bonds is 4. The lowest BCUT2D eigenvalue weighted by Crippen LogP contribution is -2.12. The Kier molecular flexibility index (Phi) is 4.04. The molecule has 0 radical (unpaired) electrons. The maximum atomic E-state index is 12.2. The van der Waals surface area contributed by atoms with Crippen molar-refractivity contribution in [1.82, 2.24) is 9.78 Å². The quantitative estimate of drug-likeness (QED) is 0.803. The number of carbonyl (C=O) groups is 1. The number of aromatic nitrogens is 2. The van der Waals surface area contributed by atoms with Crippen LogP contribution in [0.3, 0.4) is 0 Å². The molecule has 2 aromatic rings. The summed E-state index contributed by atoms with van der Waals surface area (Å²) < 4.78 is 1.60. The largest absolute Gasteiger partial charge is 0.292 e. The summed E-state index contributed by atoms with van der Waals surface area (Å²) in [4.78, 5) is 12.2. The number of Topliss-reactive ketones (excluding diaryl/α,β-unsaturated/α-hetero) is 1. The number of ketones is 1. The van der Waals surface area contributed by atoms with Gasteiger partial charge in [-0.05, 0) is 18.6 Å². The zero-order valence-electron chi connectivity index (χ0n) is 9.86. The first kappa shape index (κ1) is 13.1. The zero-order valence-corrected chi connectivity index (χ0v) is 11.4. The summed E-state index contributed by atoms with van der Waals surface area (Å²) in [6, 6.07) is 7.29. The fourth-order valence-corrected chi connectivity index (χ4v) is 2.23. The summed E-state index contributed by atoms with van der Waals surface area (Å²) in [7, 11) is 0. The SMILES string of the molecule is CCn1ncc(Cl)c1C(=O)Cc1ccccc1Cl. The van der Waals surface area contributed by atoms with Gasteiger partial charge in [0.2, 0.25) is 0 Å². The van der Waals surface area contributed by atoms with E-state index < -0.39 is 0 Å². The van der Waals surface area contributed by atoms with Gasteiger partial charge in [0.25, 0.3) is 0 Å². The Balaban J connectivity index is 2.28. The molecule has 0 atom stereocenters. The highest BCUT2D eigenvalue weighted by molar-refractivity contribution is 6.34. The van der Waals surface area contributed by atoms with Crippen LogP contribution in [-0.4, -0.2) is 15.6 Å². The molecule has 5 heteroatoms. The van der Waals surface area contributed by atoms with E-state index in [1.165, 1.54) is 6.20 Å². The fourth-order valence-electron chi connectivity index (χ4n) is 1.78. The first-order valence-corrected chi connectivity index (χ1v) is 6.37. The Hall–Kier alpha value is -1.32. The van der Waals surface area contributed by atoms with Crippen molar-refractivity contribution in [2.45, 2.75) is 19.9 Å². The van der Waals surface area contributed by atoms with Crippen molar-refractivity contribution in [3.05, 3.63) is 51.8 Å². The molecule has 3 nitrogen and oxygen atoms in total. The Morgan fingerprint density at radius 2 is 2.00 bits per heavy atom. The molecule has 94 valence electrons. The lowest BCUT2D eigenvalue weighted by Gasteiger charge is -2.06. The van der Waals surface area contributed by atoms with Gasteiger partial charge >= 0.3 is 0 Å². The molecule has 0 aliphatic rings. The summed E-state index contributed by atoms with van der Waals surface area (Å²) in [5, 5.41) is 5.02. The fraction of sp³-hybridized carbons (Fsp3) is 0.231. The van der Waals surface area contributed by atoms with Crippen LogP contribution in [0.25, 0.3) is 0 Å². The Morgan fingerprint density at radius 1 is 1.28 bits per heavy atom. The molecule has 0 saturated carbocycles. The van der Waals surface area contributed by atoms with E-state index in [4.69, 9.17) is 23.2 Å². The van der Waals surface area contributed by atoms with Crippen LogP contribution in [0.5, 0.6) is 0 Å². The number of hydrogen-bond donors (Lipinski definition) is 0. The summed E-state index contributed by atoms with van der Waals surface area (Å²) in [5.41, 5.74) is 1.24. The summed E-state index contributed by atoms with van der Waals surface area (Å²) in [6.45, 7) is 2.52. The van der Waals surface area contributed by atoms with Crippen molar-refractivity contribution in [2.75, 3.05) is 0 Å². The molecule has 0 unspecified atom stereocenters. The van der Waals surface area contributed by atoms with Crippen LogP contribution in [0.4, 0.5) is 0 Å². The van der Waals surface area contributed by atoms with Gasteiger partial charge in [-0.15, -0.1) is 0 Å². The first-order chi connectivity index (χ1) is 8.63. The van der Waals surface area contributed by atoms with Gasteiger partial charge in [0, 0.05) is 18.0 Å². The third-order valence-electron chi connectivity index (χ3n) is 2.67. The van der Waals surface area contributed by atoms with Crippen LogP contribution in [0.2, 0.25) is 10.0 Å². The van der Waals surface area contributed by atoms with Crippen LogP contribution in [0.15, 0.2) is 30.5 Å². The molecule has 0 spiro atoms. The minimum atomic E-state index is -0.0764. The molecule has 18 heavy (non-hydrogen) atoms. The second-order valence-electron chi connectivity index (χ2n) is 3.85. The average Bonchev–Trinajstić information content (AvgIpc) is 2.73. The van der Waals surface area contributed by atoms with E-state index >= 15 is 0 Å². The molecule has 0 N–H and O–H groups in total. The second kappa shape index (κ2) is 5.55. The van der Waals surface area contributed by atoms with Gasteiger partial charge in [-0.2, -0.15) is 5.10 Å². The van der Waals surface area contributed by atoms with E-state index in [-0.39, 0.29) is 12.2 Å². The highest BCUT2D eigenvalue weighted by Crippen LogP contribution is 2.21. The third kappa shape index (κ3) is 2.57. The topological polar surface area (TPSA) is 34.9 Å². The molecule has 0 saturated heterocycles. The van der Waals surface area contributed by atoms with Crippen molar-refractivity contribution in [3.8, 4) is 0 Å². The summed E-state index contributed by atoms with van der Waals surface area (Å²) in [6.07, 6.45) is 1.72. The van der Waals surface area contributed by atoms with E-state index in [1.54, 1.807) is 10.7 Å². The zero-order chi connectivity index (χ0) is 13.1. The van der Waals surface area contributed by atoms with Crippen LogP contribution in [-0.2, 0) is 13.0 Å². The molecule has 0 bridgehead atoms. The van der Waals surface area contributed by atoms with Gasteiger partial charge in [-0.3, -0.25) is 9.48 Å². The van der Waals surface area contributed by atoms with Gasteiger partial charge in [0.1, 0.15) is 5.69 Å². The predicted octanol–water partition coefficient (Wildman–Crippen LogP) is 3.64. The molecule has 1 aromatic carbocycles. The van der Waals surface area contributed by atoms with E-state index in [1.807, 2.05) is 25.1 Å². The van der Waals surface area contributed by atoms with Crippen molar-refractivity contribution in [2.24, 2.45) is 0 Å². The lowest BCUT2D eigenvalue weighted by molar-refractivity contribution is 0.0983. The molecular formula is C13H12Cl2N2O. The number of hydrogen-bond acceptors (Lipinski definition) is 2. The van der Waals surface area contributed by atoms with Crippen molar-refractivity contribution in [1.29, 1.82) is 0 Å². The van der Waals surface area contributed by atoms with Crippen molar-refractivity contribution >= 4 is 29.0 Å². The molecule has 2 rings (SSSR count). The maximum absolute atomic E-state index is 12.2. The number of carbonyl (C=O) groups excluding carboxylic acids is 1. The summed E-state index contributed by atoms with van der Waals surface area (Å²) in [5.74, 6) is -0.0764. The van der Waals surface area contributed by atoms with Crippen molar-refractivity contribution in [3.63, 3.8) is 0 Å². The molecular weight excluding hydrogens is 271 g/mol. The molecule has 1 aromatic heterocycles. The minimum Gasteiger partial charge on any atom is -0.292 e. The third-order valence-corrected chi connectivity index (χ3v) is 3.31. The Bertz CT molecular complexity index is 578.